The highest BCUT2D eigenvalue weighted by molar-refractivity contribution is 5.82. The van der Waals surface area contributed by atoms with Gasteiger partial charge in [-0.1, -0.05) is 13.8 Å². The van der Waals surface area contributed by atoms with Gasteiger partial charge in [-0.2, -0.15) is 0 Å². The molecule has 0 N–H and O–H groups in total. The first-order chi connectivity index (χ1) is 10.3. The Bertz CT molecular complexity index is 757. The van der Waals surface area contributed by atoms with Crippen molar-refractivity contribution in [2.24, 2.45) is 5.92 Å². The summed E-state index contributed by atoms with van der Waals surface area (Å²) in [5.74, 6) is -0.626. The van der Waals surface area contributed by atoms with Crippen LogP contribution >= 0.6 is 0 Å². The van der Waals surface area contributed by atoms with Crippen molar-refractivity contribution < 1.29 is 19.1 Å². The number of aliphatic carboxylic acids is 1. The van der Waals surface area contributed by atoms with Crippen LogP contribution in [0.2, 0.25) is 0 Å². The van der Waals surface area contributed by atoms with E-state index in [9.17, 15) is 14.7 Å². The Labute approximate surface area is 128 Å². The Balaban J connectivity index is 2.47. The molecule has 1 atom stereocenters. The molecule has 1 aromatic heterocycles. The zero-order valence-corrected chi connectivity index (χ0v) is 13.1. The first-order valence-electron chi connectivity index (χ1n) is 7.23. The Morgan fingerprint density at radius 1 is 1.32 bits per heavy atom. The van der Waals surface area contributed by atoms with Crippen LogP contribution in [0.3, 0.4) is 0 Å². The fourth-order valence-electron chi connectivity index (χ4n) is 2.34. The van der Waals surface area contributed by atoms with Crippen molar-refractivity contribution in [2.75, 3.05) is 0 Å². The Morgan fingerprint density at radius 2 is 2.00 bits per heavy atom. The molecule has 1 unspecified atom stereocenters. The molecule has 0 bridgehead atoms. The SMILES string of the molecule is Cc1c(CC(C)C)c(=O)oc2cc(OC(C)C(=O)[O-])ccc12. The molecule has 0 aliphatic rings. The third kappa shape index (κ3) is 3.30. The molecule has 5 nitrogen and oxygen atoms in total. The predicted molar refractivity (Wildman–Crippen MR) is 80.9 cm³/mol. The van der Waals surface area contributed by atoms with Crippen LogP contribution < -0.4 is 15.5 Å². The summed E-state index contributed by atoms with van der Waals surface area (Å²) in [5, 5.41) is 11.5. The van der Waals surface area contributed by atoms with E-state index in [-0.39, 0.29) is 5.63 Å². The molecule has 0 spiro atoms. The fourth-order valence-corrected chi connectivity index (χ4v) is 2.34. The lowest BCUT2D eigenvalue weighted by molar-refractivity contribution is -0.312. The van der Waals surface area contributed by atoms with Gasteiger partial charge in [0.05, 0.1) is 5.97 Å². The number of fused-ring (bicyclic) bond motifs is 1. The number of rotatable bonds is 5. The number of carbonyl (C=O) groups excluding carboxylic acids is 1. The van der Waals surface area contributed by atoms with Crippen molar-refractivity contribution in [2.45, 2.75) is 40.2 Å². The number of carbonyl (C=O) groups is 1. The Kier molecular flexibility index (Phi) is 4.54. The number of aryl methyl sites for hydroxylation is 1. The Morgan fingerprint density at radius 3 is 2.59 bits per heavy atom. The zero-order chi connectivity index (χ0) is 16.4. The number of benzene rings is 1. The maximum atomic E-state index is 12.1. The normalized spacial score (nSPS) is 12.6. The van der Waals surface area contributed by atoms with Gasteiger partial charge >= 0.3 is 5.63 Å². The fraction of sp³-hybridized carbons (Fsp3) is 0.412. The van der Waals surface area contributed by atoms with Crippen LogP contribution in [-0.4, -0.2) is 12.1 Å². The molecule has 22 heavy (non-hydrogen) atoms. The molecule has 0 aliphatic carbocycles. The zero-order valence-electron chi connectivity index (χ0n) is 13.1. The minimum atomic E-state index is -1.30. The second kappa shape index (κ2) is 6.22. The van der Waals surface area contributed by atoms with Gasteiger partial charge in [0.2, 0.25) is 0 Å². The van der Waals surface area contributed by atoms with Crippen molar-refractivity contribution >= 4 is 16.9 Å². The summed E-state index contributed by atoms with van der Waals surface area (Å²) >= 11 is 0. The number of hydrogen-bond acceptors (Lipinski definition) is 5. The lowest BCUT2D eigenvalue weighted by Crippen LogP contribution is -2.37. The monoisotopic (exact) mass is 303 g/mol. The average molecular weight is 303 g/mol. The van der Waals surface area contributed by atoms with E-state index < -0.39 is 12.1 Å². The number of carboxylic acids is 1. The Hall–Kier alpha value is -2.30. The summed E-state index contributed by atoms with van der Waals surface area (Å²) in [5.41, 5.74) is 1.60. The molecular formula is C17H19O5-. The van der Waals surface area contributed by atoms with Crippen LogP contribution in [0.25, 0.3) is 11.0 Å². The minimum Gasteiger partial charge on any atom is -0.546 e. The first-order valence-corrected chi connectivity index (χ1v) is 7.23. The van der Waals surface area contributed by atoms with E-state index >= 15 is 0 Å². The van der Waals surface area contributed by atoms with Crippen LogP contribution in [-0.2, 0) is 11.2 Å². The topological polar surface area (TPSA) is 79.6 Å². The highest BCUT2D eigenvalue weighted by Crippen LogP contribution is 2.25. The van der Waals surface area contributed by atoms with Gasteiger partial charge in [0, 0.05) is 17.0 Å². The minimum absolute atomic E-state index is 0.323. The quantitative estimate of drug-likeness (QED) is 0.787. The molecule has 2 aromatic rings. The predicted octanol–water partition coefficient (Wildman–Crippen LogP) is 1.82. The molecule has 5 heteroatoms. The second-order valence-electron chi connectivity index (χ2n) is 5.83. The van der Waals surface area contributed by atoms with Crippen molar-refractivity contribution in [1.29, 1.82) is 0 Å². The van der Waals surface area contributed by atoms with Crippen LogP contribution in [0.15, 0.2) is 27.4 Å². The van der Waals surface area contributed by atoms with Crippen molar-refractivity contribution in [1.82, 2.24) is 0 Å². The van der Waals surface area contributed by atoms with Crippen LogP contribution in [0.1, 0.15) is 31.9 Å². The van der Waals surface area contributed by atoms with Crippen molar-refractivity contribution in [3.63, 3.8) is 0 Å². The molecule has 118 valence electrons. The van der Waals surface area contributed by atoms with E-state index in [1.807, 2.05) is 20.8 Å². The van der Waals surface area contributed by atoms with Gasteiger partial charge in [0.25, 0.3) is 0 Å². The average Bonchev–Trinajstić information content (AvgIpc) is 2.42. The standard InChI is InChI=1S/C17H20O5/c1-9(2)7-14-10(3)13-6-5-12(21-11(4)16(18)19)8-15(13)22-17(14)20/h5-6,8-9,11H,7H2,1-4H3,(H,18,19)/p-1. The van der Waals surface area contributed by atoms with E-state index in [1.54, 1.807) is 12.1 Å². The van der Waals surface area contributed by atoms with Gasteiger partial charge in [0.1, 0.15) is 17.4 Å². The summed E-state index contributed by atoms with van der Waals surface area (Å²) in [6.07, 6.45) is -0.421. The summed E-state index contributed by atoms with van der Waals surface area (Å²) in [4.78, 5) is 22.8. The van der Waals surface area contributed by atoms with Crippen molar-refractivity contribution in [3.8, 4) is 5.75 Å². The van der Waals surface area contributed by atoms with Gasteiger partial charge in [0.15, 0.2) is 0 Å². The summed E-state index contributed by atoms with van der Waals surface area (Å²) in [6.45, 7) is 7.36. The van der Waals surface area contributed by atoms with Gasteiger partial charge in [-0.05, 0) is 43.9 Å². The maximum Gasteiger partial charge on any atom is 0.339 e. The summed E-state index contributed by atoms with van der Waals surface area (Å²) in [6, 6.07) is 4.96. The largest absolute Gasteiger partial charge is 0.546 e. The second-order valence-corrected chi connectivity index (χ2v) is 5.83. The van der Waals surface area contributed by atoms with Crippen LogP contribution in [0, 0.1) is 12.8 Å². The molecular weight excluding hydrogens is 284 g/mol. The molecule has 0 saturated carbocycles. The van der Waals surface area contributed by atoms with Gasteiger partial charge in [-0.15, -0.1) is 0 Å². The molecule has 1 aromatic carbocycles. The lowest BCUT2D eigenvalue weighted by atomic mass is 9.98. The molecule has 0 radical (unpaired) electrons. The van der Waals surface area contributed by atoms with Crippen LogP contribution in [0.4, 0.5) is 0 Å². The first kappa shape index (κ1) is 16.1. The van der Waals surface area contributed by atoms with Gasteiger partial charge in [-0.3, -0.25) is 0 Å². The number of carboxylic acid groups (broad SMARTS) is 1. The summed E-state index contributed by atoms with van der Waals surface area (Å²) < 4.78 is 10.6. The molecule has 0 aliphatic heterocycles. The summed E-state index contributed by atoms with van der Waals surface area (Å²) in [7, 11) is 0. The molecule has 0 saturated heterocycles. The van der Waals surface area contributed by atoms with E-state index in [0.717, 1.165) is 10.9 Å². The maximum absolute atomic E-state index is 12.1. The third-order valence-corrected chi connectivity index (χ3v) is 3.52. The number of hydrogen-bond donors (Lipinski definition) is 0. The highest BCUT2D eigenvalue weighted by Gasteiger charge is 2.14. The van der Waals surface area contributed by atoms with E-state index in [0.29, 0.717) is 29.2 Å². The van der Waals surface area contributed by atoms with Gasteiger partial charge in [-0.25, -0.2) is 4.79 Å². The van der Waals surface area contributed by atoms with Crippen molar-refractivity contribution in [3.05, 3.63) is 39.7 Å². The molecule has 2 rings (SSSR count). The highest BCUT2D eigenvalue weighted by atomic mass is 16.5. The van der Waals surface area contributed by atoms with Crippen LogP contribution in [0.5, 0.6) is 5.75 Å². The third-order valence-electron chi connectivity index (χ3n) is 3.52. The number of ether oxygens (including phenoxy) is 1. The molecule has 0 fully saturated rings. The van der Waals surface area contributed by atoms with Gasteiger partial charge < -0.3 is 19.1 Å². The molecule has 0 amide bonds. The smallest absolute Gasteiger partial charge is 0.339 e. The van der Waals surface area contributed by atoms with E-state index in [2.05, 4.69) is 0 Å². The molecule has 1 heterocycles. The van der Waals surface area contributed by atoms with E-state index in [4.69, 9.17) is 9.15 Å². The van der Waals surface area contributed by atoms with E-state index in [1.165, 1.54) is 13.0 Å². The lowest BCUT2D eigenvalue weighted by Gasteiger charge is -2.16.